The number of ether oxygens (including phenoxy) is 1. The summed E-state index contributed by atoms with van der Waals surface area (Å²) >= 11 is 0. The van der Waals surface area contributed by atoms with Gasteiger partial charge in [-0.25, -0.2) is 0 Å². The first-order valence-corrected chi connectivity index (χ1v) is 4.25. The van der Waals surface area contributed by atoms with Gasteiger partial charge in [0.05, 0.1) is 6.61 Å². The van der Waals surface area contributed by atoms with Crippen molar-refractivity contribution in [3.63, 3.8) is 0 Å². The van der Waals surface area contributed by atoms with Crippen LogP contribution in [0.25, 0.3) is 0 Å². The van der Waals surface area contributed by atoms with Gasteiger partial charge in [0.2, 0.25) is 0 Å². The summed E-state index contributed by atoms with van der Waals surface area (Å²) in [5.74, 6) is 0. The van der Waals surface area contributed by atoms with E-state index in [-0.39, 0.29) is 5.41 Å². The molecule has 0 aromatic carbocycles. The molecule has 0 amide bonds. The Hall–Kier alpha value is -0.0800. The number of hydrogen-bond donors (Lipinski definition) is 1. The molecule has 1 unspecified atom stereocenters. The highest BCUT2D eigenvalue weighted by Crippen LogP contribution is 2.14. The number of aliphatic hydroxyl groups excluding tert-OH is 1. The van der Waals surface area contributed by atoms with Crippen LogP contribution in [0.15, 0.2) is 0 Å². The molecule has 0 heterocycles. The van der Waals surface area contributed by atoms with Crippen LogP contribution in [-0.4, -0.2) is 18.0 Å². The smallest absolute Gasteiger partial charge is 0.154 e. The molecule has 0 aliphatic carbocycles. The van der Waals surface area contributed by atoms with Crippen LogP contribution in [0.2, 0.25) is 0 Å². The second-order valence-electron chi connectivity index (χ2n) is 4.11. The summed E-state index contributed by atoms with van der Waals surface area (Å²) in [6.45, 7) is 8.92. The molecule has 0 aliphatic heterocycles. The van der Waals surface area contributed by atoms with Crippen LogP contribution in [0, 0.1) is 5.41 Å². The zero-order valence-corrected chi connectivity index (χ0v) is 8.05. The molecule has 0 aromatic heterocycles. The molecule has 1 atom stereocenters. The fraction of sp³-hybridized carbons (Fsp3) is 1.00. The van der Waals surface area contributed by atoms with Crippen molar-refractivity contribution >= 4 is 0 Å². The summed E-state index contributed by atoms with van der Waals surface area (Å²) in [5, 5.41) is 9.19. The van der Waals surface area contributed by atoms with Gasteiger partial charge in [0, 0.05) is 0 Å². The lowest BCUT2D eigenvalue weighted by Crippen LogP contribution is -2.21. The molecule has 0 saturated heterocycles. The van der Waals surface area contributed by atoms with Gasteiger partial charge in [-0.3, -0.25) is 0 Å². The van der Waals surface area contributed by atoms with E-state index in [1.807, 2.05) is 6.92 Å². The molecule has 2 heteroatoms. The molecule has 0 rings (SSSR count). The minimum atomic E-state index is -0.570. The lowest BCUT2D eigenvalue weighted by molar-refractivity contribution is -0.122. The van der Waals surface area contributed by atoms with Crippen LogP contribution in [0.1, 0.15) is 40.5 Å². The van der Waals surface area contributed by atoms with E-state index >= 15 is 0 Å². The van der Waals surface area contributed by atoms with Gasteiger partial charge in [0.15, 0.2) is 6.29 Å². The minimum Gasteiger partial charge on any atom is -0.368 e. The van der Waals surface area contributed by atoms with Crippen molar-refractivity contribution in [3.8, 4) is 0 Å². The highest BCUT2D eigenvalue weighted by molar-refractivity contribution is 4.59. The first-order valence-electron chi connectivity index (χ1n) is 4.25. The maximum atomic E-state index is 9.19. The average molecular weight is 160 g/mol. The van der Waals surface area contributed by atoms with E-state index in [9.17, 15) is 5.11 Å². The van der Waals surface area contributed by atoms with Crippen molar-refractivity contribution in [2.75, 3.05) is 6.61 Å². The number of hydrogen-bond acceptors (Lipinski definition) is 2. The summed E-state index contributed by atoms with van der Waals surface area (Å²) in [5.41, 5.74) is 0.148. The van der Waals surface area contributed by atoms with Gasteiger partial charge >= 0.3 is 0 Å². The lowest BCUT2D eigenvalue weighted by atomic mass is 9.99. The van der Waals surface area contributed by atoms with Gasteiger partial charge in [0.1, 0.15) is 0 Å². The molecule has 0 aliphatic rings. The van der Waals surface area contributed by atoms with Crippen molar-refractivity contribution in [2.24, 2.45) is 5.41 Å². The maximum Gasteiger partial charge on any atom is 0.154 e. The predicted molar refractivity (Wildman–Crippen MR) is 46.3 cm³/mol. The molecule has 0 radical (unpaired) electrons. The Balaban J connectivity index is 3.38. The highest BCUT2D eigenvalue weighted by Gasteiger charge is 2.12. The predicted octanol–water partition coefficient (Wildman–Crippen LogP) is 2.17. The molecule has 0 saturated carbocycles. The van der Waals surface area contributed by atoms with Gasteiger partial charge in [-0.1, -0.05) is 34.1 Å². The standard InChI is InChI=1S/C9H20O2/c1-5-6-8(10)11-7-9(2,3)4/h8,10H,5-7H2,1-4H3. The zero-order valence-electron chi connectivity index (χ0n) is 8.05. The van der Waals surface area contributed by atoms with Crippen molar-refractivity contribution < 1.29 is 9.84 Å². The Kier molecular flexibility index (Phi) is 4.69. The van der Waals surface area contributed by atoms with E-state index in [1.165, 1.54) is 0 Å². The molecule has 2 nitrogen and oxygen atoms in total. The van der Waals surface area contributed by atoms with Crippen LogP contribution < -0.4 is 0 Å². The summed E-state index contributed by atoms with van der Waals surface area (Å²) in [7, 11) is 0. The zero-order chi connectivity index (χ0) is 8.91. The maximum absolute atomic E-state index is 9.19. The second-order valence-corrected chi connectivity index (χ2v) is 4.11. The first-order chi connectivity index (χ1) is 4.95. The Morgan fingerprint density at radius 2 is 1.91 bits per heavy atom. The highest BCUT2D eigenvalue weighted by atomic mass is 16.6. The topological polar surface area (TPSA) is 29.5 Å². The van der Waals surface area contributed by atoms with Gasteiger partial charge in [0.25, 0.3) is 0 Å². The van der Waals surface area contributed by atoms with E-state index in [0.29, 0.717) is 6.61 Å². The van der Waals surface area contributed by atoms with Crippen molar-refractivity contribution in [1.29, 1.82) is 0 Å². The normalized spacial score (nSPS) is 15.0. The summed E-state index contributed by atoms with van der Waals surface area (Å²) in [4.78, 5) is 0. The molecule has 0 spiro atoms. The average Bonchev–Trinajstić information content (AvgIpc) is 1.83. The fourth-order valence-corrected chi connectivity index (χ4v) is 0.676. The first kappa shape index (κ1) is 10.9. The van der Waals surface area contributed by atoms with Crippen LogP contribution in [-0.2, 0) is 4.74 Å². The summed E-state index contributed by atoms with van der Waals surface area (Å²) in [6, 6.07) is 0. The van der Waals surface area contributed by atoms with Gasteiger partial charge in [-0.2, -0.15) is 0 Å². The van der Waals surface area contributed by atoms with E-state index in [1.54, 1.807) is 0 Å². The molecular formula is C9H20O2. The summed E-state index contributed by atoms with van der Waals surface area (Å²) in [6.07, 6.45) is 1.13. The van der Waals surface area contributed by atoms with Crippen LogP contribution >= 0.6 is 0 Å². The second kappa shape index (κ2) is 4.73. The van der Waals surface area contributed by atoms with Gasteiger partial charge in [-0.15, -0.1) is 0 Å². The third-order valence-electron chi connectivity index (χ3n) is 1.24. The quantitative estimate of drug-likeness (QED) is 0.639. The molecular weight excluding hydrogens is 140 g/mol. The largest absolute Gasteiger partial charge is 0.368 e. The molecule has 0 bridgehead atoms. The van der Waals surface area contributed by atoms with Crippen LogP contribution in [0.3, 0.4) is 0 Å². The van der Waals surface area contributed by atoms with Crippen molar-refractivity contribution in [3.05, 3.63) is 0 Å². The third-order valence-corrected chi connectivity index (χ3v) is 1.24. The molecule has 11 heavy (non-hydrogen) atoms. The number of aliphatic hydroxyl groups is 1. The SMILES string of the molecule is CCCC(O)OCC(C)(C)C. The molecule has 1 N–H and O–H groups in total. The Morgan fingerprint density at radius 1 is 1.36 bits per heavy atom. The van der Waals surface area contributed by atoms with E-state index in [4.69, 9.17) is 4.74 Å². The number of rotatable bonds is 4. The van der Waals surface area contributed by atoms with E-state index < -0.39 is 6.29 Å². The Bertz CT molecular complexity index is 94.2. The van der Waals surface area contributed by atoms with Crippen molar-refractivity contribution in [2.45, 2.75) is 46.8 Å². The molecule has 0 aromatic rings. The van der Waals surface area contributed by atoms with E-state index in [0.717, 1.165) is 12.8 Å². The molecule has 68 valence electrons. The minimum absolute atomic E-state index is 0.148. The monoisotopic (exact) mass is 160 g/mol. The van der Waals surface area contributed by atoms with E-state index in [2.05, 4.69) is 20.8 Å². The summed E-state index contributed by atoms with van der Waals surface area (Å²) < 4.78 is 5.20. The fourth-order valence-electron chi connectivity index (χ4n) is 0.676. The molecule has 0 fully saturated rings. The van der Waals surface area contributed by atoms with Crippen LogP contribution in [0.4, 0.5) is 0 Å². The lowest BCUT2D eigenvalue weighted by Gasteiger charge is -2.20. The Labute approximate surface area is 69.6 Å². The van der Waals surface area contributed by atoms with Gasteiger partial charge < -0.3 is 9.84 Å². The van der Waals surface area contributed by atoms with Crippen LogP contribution in [0.5, 0.6) is 0 Å². The van der Waals surface area contributed by atoms with Gasteiger partial charge in [-0.05, 0) is 11.8 Å². The third kappa shape index (κ3) is 7.82. The van der Waals surface area contributed by atoms with Crippen molar-refractivity contribution in [1.82, 2.24) is 0 Å². The Morgan fingerprint density at radius 3 is 2.27 bits per heavy atom.